The molecule has 0 aromatic carbocycles. The summed E-state index contributed by atoms with van der Waals surface area (Å²) in [5.41, 5.74) is 0. The third-order valence-electron chi connectivity index (χ3n) is 4.62. The van der Waals surface area contributed by atoms with Crippen LogP contribution in [0.1, 0.15) is 43.9 Å². The van der Waals surface area contributed by atoms with E-state index in [0.29, 0.717) is 13.1 Å². The number of carbonyl (C=O) groups excluding carboxylic acids is 1. The van der Waals surface area contributed by atoms with Crippen LogP contribution in [-0.2, 0) is 11.2 Å². The van der Waals surface area contributed by atoms with Gasteiger partial charge in [-0.15, -0.1) is 35.3 Å². The van der Waals surface area contributed by atoms with E-state index in [1.807, 2.05) is 0 Å². The van der Waals surface area contributed by atoms with Crippen molar-refractivity contribution in [3.63, 3.8) is 0 Å². The molecule has 0 spiro atoms. The molecule has 148 valence electrons. The van der Waals surface area contributed by atoms with Crippen LogP contribution in [0.25, 0.3) is 0 Å². The van der Waals surface area contributed by atoms with E-state index in [2.05, 4.69) is 52.0 Å². The van der Waals surface area contributed by atoms with Crippen LogP contribution >= 0.6 is 35.3 Å². The Labute approximate surface area is 179 Å². The van der Waals surface area contributed by atoms with Crippen LogP contribution in [0.2, 0.25) is 0 Å². The molecule has 26 heavy (non-hydrogen) atoms. The van der Waals surface area contributed by atoms with E-state index in [-0.39, 0.29) is 35.8 Å². The van der Waals surface area contributed by atoms with Crippen molar-refractivity contribution in [3.8, 4) is 0 Å². The van der Waals surface area contributed by atoms with E-state index >= 15 is 0 Å². The maximum atomic E-state index is 12.2. The molecule has 2 rings (SSSR count). The highest BCUT2D eigenvalue weighted by molar-refractivity contribution is 14.0. The van der Waals surface area contributed by atoms with Crippen molar-refractivity contribution in [2.24, 2.45) is 10.9 Å². The third kappa shape index (κ3) is 8.24. The summed E-state index contributed by atoms with van der Waals surface area (Å²) in [6.07, 6.45) is 6.77. The number of halogens is 1. The maximum Gasteiger partial charge on any atom is 0.223 e. The Morgan fingerprint density at radius 3 is 2.73 bits per heavy atom. The van der Waals surface area contributed by atoms with Gasteiger partial charge in [0, 0.05) is 37.5 Å². The topological polar surface area (TPSA) is 56.7 Å². The second-order valence-corrected chi connectivity index (χ2v) is 7.64. The van der Waals surface area contributed by atoms with Gasteiger partial charge in [0.25, 0.3) is 0 Å². The van der Waals surface area contributed by atoms with Crippen LogP contribution in [0.3, 0.4) is 0 Å². The summed E-state index contributed by atoms with van der Waals surface area (Å²) < 4.78 is 0. The Hall–Kier alpha value is -0.830. The number of hydrogen-bond acceptors (Lipinski definition) is 3. The summed E-state index contributed by atoms with van der Waals surface area (Å²) in [4.78, 5) is 20.4. The molecule has 0 bridgehead atoms. The lowest BCUT2D eigenvalue weighted by Gasteiger charge is -2.22. The summed E-state index contributed by atoms with van der Waals surface area (Å²) in [6.45, 7) is 5.08. The van der Waals surface area contributed by atoms with Crippen LogP contribution in [0.15, 0.2) is 22.5 Å². The van der Waals surface area contributed by atoms with Crippen molar-refractivity contribution in [2.75, 3.05) is 33.2 Å². The minimum absolute atomic E-state index is 0. The van der Waals surface area contributed by atoms with Gasteiger partial charge in [-0.25, -0.2) is 0 Å². The van der Waals surface area contributed by atoms with Crippen LogP contribution < -0.4 is 10.6 Å². The Bertz CT molecular complexity index is 530. The highest BCUT2D eigenvalue weighted by Crippen LogP contribution is 2.23. The number of carbonyl (C=O) groups is 1. The van der Waals surface area contributed by atoms with Crippen molar-refractivity contribution in [3.05, 3.63) is 22.4 Å². The maximum absolute atomic E-state index is 12.2. The van der Waals surface area contributed by atoms with E-state index in [4.69, 9.17) is 0 Å². The number of likely N-dealkylation sites (N-methyl/N-ethyl adjacent to an activating group) is 1. The highest BCUT2D eigenvalue weighted by Gasteiger charge is 2.20. The molecule has 0 unspecified atom stereocenters. The van der Waals surface area contributed by atoms with Crippen LogP contribution in [-0.4, -0.2) is 50.0 Å². The first-order valence-corrected chi connectivity index (χ1v) is 10.4. The zero-order valence-electron chi connectivity index (χ0n) is 16.0. The smallest absolute Gasteiger partial charge is 0.223 e. The minimum atomic E-state index is 0. The molecule has 1 aliphatic carbocycles. The first kappa shape index (κ1) is 23.2. The Morgan fingerprint density at radius 1 is 1.31 bits per heavy atom. The van der Waals surface area contributed by atoms with Crippen LogP contribution in [0.4, 0.5) is 0 Å². The largest absolute Gasteiger partial charge is 0.357 e. The average molecular weight is 492 g/mol. The summed E-state index contributed by atoms with van der Waals surface area (Å²) in [5, 5.41) is 8.50. The third-order valence-corrected chi connectivity index (χ3v) is 5.55. The predicted molar refractivity (Wildman–Crippen MR) is 122 cm³/mol. The number of rotatable bonds is 8. The Morgan fingerprint density at radius 2 is 2.08 bits per heavy atom. The molecule has 1 aromatic rings. The van der Waals surface area contributed by atoms with Crippen molar-refractivity contribution >= 4 is 47.2 Å². The standard InChI is InChI=1S/C19H32N4OS.HI/c1-3-20-19(23(2)14-11-17-10-7-15-25-17)22-13-12-21-18(24)16-8-5-4-6-9-16;/h7,10,15-16H,3-6,8-9,11-14H2,1-2H3,(H,20,22)(H,21,24);1H. The molecular formula is C19H33IN4OS. The fourth-order valence-electron chi connectivity index (χ4n) is 3.16. The summed E-state index contributed by atoms with van der Waals surface area (Å²) >= 11 is 1.79. The van der Waals surface area contributed by atoms with Crippen molar-refractivity contribution in [1.82, 2.24) is 15.5 Å². The normalized spacial score (nSPS) is 15.2. The summed E-state index contributed by atoms with van der Waals surface area (Å²) in [7, 11) is 2.07. The molecule has 7 heteroatoms. The van der Waals surface area contributed by atoms with Crippen molar-refractivity contribution in [1.29, 1.82) is 0 Å². The van der Waals surface area contributed by atoms with Gasteiger partial charge >= 0.3 is 0 Å². The van der Waals surface area contributed by atoms with E-state index < -0.39 is 0 Å². The number of guanidine groups is 1. The highest BCUT2D eigenvalue weighted by atomic mass is 127. The number of amides is 1. The monoisotopic (exact) mass is 492 g/mol. The van der Waals surface area contributed by atoms with Gasteiger partial charge in [-0.3, -0.25) is 9.79 Å². The van der Waals surface area contributed by atoms with Gasteiger partial charge in [-0.2, -0.15) is 0 Å². The Balaban J connectivity index is 0.00000338. The number of nitrogens with one attached hydrogen (secondary N) is 2. The molecule has 1 saturated carbocycles. The van der Waals surface area contributed by atoms with Gasteiger partial charge in [0.2, 0.25) is 5.91 Å². The summed E-state index contributed by atoms with van der Waals surface area (Å²) in [5.74, 6) is 1.34. The molecule has 0 aliphatic heterocycles. The lowest BCUT2D eigenvalue weighted by molar-refractivity contribution is -0.125. The molecule has 1 heterocycles. The van der Waals surface area contributed by atoms with Gasteiger partial charge in [0.05, 0.1) is 6.54 Å². The lowest BCUT2D eigenvalue weighted by atomic mass is 9.89. The molecule has 2 N–H and O–H groups in total. The molecule has 0 atom stereocenters. The van der Waals surface area contributed by atoms with E-state index in [1.165, 1.54) is 24.1 Å². The van der Waals surface area contributed by atoms with Gasteiger partial charge in [-0.1, -0.05) is 25.3 Å². The predicted octanol–water partition coefficient (Wildman–Crippen LogP) is 3.50. The van der Waals surface area contributed by atoms with Crippen molar-refractivity contribution in [2.45, 2.75) is 45.4 Å². The fourth-order valence-corrected chi connectivity index (χ4v) is 3.86. The SMILES string of the molecule is CCNC(=NCCNC(=O)C1CCCCC1)N(C)CCc1cccs1.I. The molecule has 1 aromatic heterocycles. The summed E-state index contributed by atoms with van der Waals surface area (Å²) in [6, 6.07) is 4.26. The van der Waals surface area contributed by atoms with E-state index in [0.717, 1.165) is 38.3 Å². The van der Waals surface area contributed by atoms with Gasteiger partial charge in [0.1, 0.15) is 0 Å². The molecule has 0 radical (unpaired) electrons. The average Bonchev–Trinajstić information content (AvgIpc) is 3.16. The van der Waals surface area contributed by atoms with E-state index in [1.54, 1.807) is 11.3 Å². The molecule has 5 nitrogen and oxygen atoms in total. The molecule has 1 fully saturated rings. The lowest BCUT2D eigenvalue weighted by Crippen LogP contribution is -2.40. The molecular weight excluding hydrogens is 459 g/mol. The first-order chi connectivity index (χ1) is 12.2. The number of thiophene rings is 1. The van der Waals surface area contributed by atoms with Crippen LogP contribution in [0, 0.1) is 5.92 Å². The van der Waals surface area contributed by atoms with E-state index in [9.17, 15) is 4.79 Å². The molecule has 1 aliphatic rings. The first-order valence-electron chi connectivity index (χ1n) is 9.50. The quantitative estimate of drug-likeness (QED) is 0.253. The van der Waals surface area contributed by atoms with Gasteiger partial charge < -0.3 is 15.5 Å². The number of nitrogens with zero attached hydrogens (tertiary/aromatic N) is 2. The van der Waals surface area contributed by atoms with Gasteiger partial charge in [-0.05, 0) is 37.6 Å². The second kappa shape index (κ2) is 13.4. The number of hydrogen-bond donors (Lipinski definition) is 2. The Kier molecular flexibility index (Phi) is 11.9. The molecule has 1 amide bonds. The van der Waals surface area contributed by atoms with Gasteiger partial charge in [0.15, 0.2) is 5.96 Å². The second-order valence-electron chi connectivity index (χ2n) is 6.61. The number of aliphatic imine (C=N–C) groups is 1. The minimum Gasteiger partial charge on any atom is -0.357 e. The molecule has 0 saturated heterocycles. The van der Waals surface area contributed by atoms with Crippen LogP contribution in [0.5, 0.6) is 0 Å². The zero-order chi connectivity index (χ0) is 17.9. The fraction of sp³-hybridized carbons (Fsp3) is 0.684. The van der Waals surface area contributed by atoms with Crippen molar-refractivity contribution < 1.29 is 4.79 Å². The zero-order valence-corrected chi connectivity index (χ0v) is 19.1.